The number of hydrogen-bond donors (Lipinski definition) is 4. The number of halogens is 2. The molecule has 0 aliphatic heterocycles. The molecule has 0 unspecified atom stereocenters. The summed E-state index contributed by atoms with van der Waals surface area (Å²) in [5.41, 5.74) is 5.45. The minimum absolute atomic E-state index is 0.195. The summed E-state index contributed by atoms with van der Waals surface area (Å²) in [4.78, 5) is 10.4. The molecule has 0 atom stereocenters. The van der Waals surface area contributed by atoms with Crippen molar-refractivity contribution in [3.63, 3.8) is 0 Å². The molecule has 1 aromatic rings. The van der Waals surface area contributed by atoms with Crippen molar-refractivity contribution in [2.24, 2.45) is 5.73 Å². The molecule has 0 aliphatic carbocycles. The molecule has 0 aromatic heterocycles. The van der Waals surface area contributed by atoms with Crippen LogP contribution in [0.25, 0.3) is 0 Å². The molecule has 5 N–H and O–H groups in total. The monoisotopic (exact) mass is 338 g/mol. The number of amides is 2. The minimum atomic E-state index is -0.788. The van der Waals surface area contributed by atoms with E-state index < -0.39 is 6.03 Å². The van der Waals surface area contributed by atoms with E-state index in [-0.39, 0.29) is 5.96 Å². The summed E-state index contributed by atoms with van der Waals surface area (Å²) >= 11 is 7.96. The Balaban J connectivity index is 2.69. The van der Waals surface area contributed by atoms with E-state index in [0.29, 0.717) is 10.7 Å². The number of primary amides is 1. The third-order valence-electron chi connectivity index (χ3n) is 1.44. The average molecular weight is 339 g/mol. The minimum Gasteiger partial charge on any atom is -0.351 e. The summed E-state index contributed by atoms with van der Waals surface area (Å²) < 4.78 is 0.911. The summed E-state index contributed by atoms with van der Waals surface area (Å²) in [5, 5.41) is 12.6. The second-order valence-corrected chi connectivity index (χ2v) is 4.19. The largest absolute Gasteiger partial charge is 0.351 e. The predicted molar refractivity (Wildman–Crippen MR) is 68.2 cm³/mol. The van der Waals surface area contributed by atoms with Gasteiger partial charge in [0.1, 0.15) is 0 Å². The number of anilines is 1. The average Bonchev–Trinajstić information content (AvgIpc) is 2.10. The third-order valence-corrected chi connectivity index (χ3v) is 3.01. The highest BCUT2D eigenvalue weighted by molar-refractivity contribution is 14.1. The third kappa shape index (κ3) is 3.92. The van der Waals surface area contributed by atoms with Gasteiger partial charge < -0.3 is 11.1 Å². The van der Waals surface area contributed by atoms with Crippen molar-refractivity contribution >= 4 is 51.9 Å². The molecule has 0 spiro atoms. The van der Waals surface area contributed by atoms with Crippen molar-refractivity contribution in [1.29, 1.82) is 5.41 Å². The number of nitrogens with one attached hydrogen (secondary N) is 3. The maximum Gasteiger partial charge on any atom is 0.318 e. The molecule has 7 heteroatoms. The van der Waals surface area contributed by atoms with Gasteiger partial charge in [-0.2, -0.15) is 0 Å². The van der Waals surface area contributed by atoms with Crippen LogP contribution in [0.15, 0.2) is 18.2 Å². The van der Waals surface area contributed by atoms with Crippen LogP contribution in [0.5, 0.6) is 0 Å². The number of guanidine groups is 1. The zero-order chi connectivity index (χ0) is 11.4. The van der Waals surface area contributed by atoms with Gasteiger partial charge in [-0.25, -0.2) is 4.79 Å². The smallest absolute Gasteiger partial charge is 0.318 e. The van der Waals surface area contributed by atoms with E-state index in [4.69, 9.17) is 22.7 Å². The first-order valence-corrected chi connectivity index (χ1v) is 5.32. The van der Waals surface area contributed by atoms with E-state index in [1.807, 2.05) is 0 Å². The summed E-state index contributed by atoms with van der Waals surface area (Å²) in [5.74, 6) is -0.195. The van der Waals surface area contributed by atoms with E-state index in [0.717, 1.165) is 3.57 Å². The molecule has 0 bridgehead atoms. The summed E-state index contributed by atoms with van der Waals surface area (Å²) in [6, 6.07) is 4.40. The van der Waals surface area contributed by atoms with Gasteiger partial charge in [0.05, 0.1) is 5.02 Å². The summed E-state index contributed by atoms with van der Waals surface area (Å²) in [6.07, 6.45) is 0. The predicted octanol–water partition coefficient (Wildman–Crippen LogP) is 1.96. The zero-order valence-corrected chi connectivity index (χ0v) is 10.4. The lowest BCUT2D eigenvalue weighted by Gasteiger charge is -2.08. The quantitative estimate of drug-likeness (QED) is 0.358. The van der Waals surface area contributed by atoms with Gasteiger partial charge in [-0.15, -0.1) is 0 Å². The van der Waals surface area contributed by atoms with Crippen LogP contribution in [0.3, 0.4) is 0 Å². The van der Waals surface area contributed by atoms with Crippen molar-refractivity contribution < 1.29 is 4.79 Å². The Bertz CT molecular complexity index is 410. The first-order chi connectivity index (χ1) is 6.99. The number of carbonyl (C=O) groups excluding carboxylic acids is 1. The molecule has 0 aliphatic rings. The molecule has 1 aromatic carbocycles. The molecule has 1 rings (SSSR count). The number of hydrogen-bond acceptors (Lipinski definition) is 2. The lowest BCUT2D eigenvalue weighted by atomic mass is 10.3. The molecule has 0 radical (unpaired) electrons. The van der Waals surface area contributed by atoms with E-state index in [9.17, 15) is 4.79 Å². The SMILES string of the molecule is N=C(NC(N)=O)Nc1ccc(I)c(Cl)c1. The highest BCUT2D eigenvalue weighted by Gasteiger charge is 2.02. The van der Waals surface area contributed by atoms with Crippen LogP contribution in [0.1, 0.15) is 0 Å². The van der Waals surface area contributed by atoms with E-state index in [1.54, 1.807) is 18.2 Å². The van der Waals surface area contributed by atoms with Crippen LogP contribution in [0.4, 0.5) is 10.5 Å². The number of nitrogens with two attached hydrogens (primary N) is 1. The number of rotatable bonds is 1. The van der Waals surface area contributed by atoms with Crippen LogP contribution in [0.2, 0.25) is 5.02 Å². The lowest BCUT2D eigenvalue weighted by molar-refractivity contribution is 0.253. The fourth-order valence-corrected chi connectivity index (χ4v) is 1.39. The highest BCUT2D eigenvalue weighted by Crippen LogP contribution is 2.21. The van der Waals surface area contributed by atoms with Gasteiger partial charge in [0.15, 0.2) is 0 Å². The molecule has 80 valence electrons. The maximum absolute atomic E-state index is 10.4. The maximum atomic E-state index is 10.4. The number of urea groups is 1. The topological polar surface area (TPSA) is 91.0 Å². The molecule has 5 nitrogen and oxygen atoms in total. The Labute approximate surface area is 105 Å². The number of benzene rings is 1. The zero-order valence-electron chi connectivity index (χ0n) is 7.47. The Hall–Kier alpha value is -1.02. The van der Waals surface area contributed by atoms with Gasteiger partial charge in [0, 0.05) is 9.26 Å². The van der Waals surface area contributed by atoms with E-state index in [2.05, 4.69) is 33.2 Å². The molecule has 0 heterocycles. The second kappa shape index (κ2) is 5.17. The van der Waals surface area contributed by atoms with Gasteiger partial charge in [-0.1, -0.05) is 11.6 Å². The van der Waals surface area contributed by atoms with Gasteiger partial charge in [0.25, 0.3) is 0 Å². The molecule has 0 saturated heterocycles. The van der Waals surface area contributed by atoms with Gasteiger partial charge >= 0.3 is 6.03 Å². The van der Waals surface area contributed by atoms with Gasteiger partial charge in [-0.3, -0.25) is 10.7 Å². The normalized spacial score (nSPS) is 9.47. The molecule has 2 amide bonds. The molecular weight excluding hydrogens is 330 g/mol. The molecule has 0 fully saturated rings. The van der Waals surface area contributed by atoms with Crippen molar-refractivity contribution in [3.05, 3.63) is 26.8 Å². The van der Waals surface area contributed by atoms with Gasteiger partial charge in [0.2, 0.25) is 5.96 Å². The Morgan fingerprint density at radius 1 is 1.53 bits per heavy atom. The second-order valence-electron chi connectivity index (χ2n) is 2.62. The summed E-state index contributed by atoms with van der Waals surface area (Å²) in [7, 11) is 0. The number of carbonyl (C=O) groups is 1. The summed E-state index contributed by atoms with van der Waals surface area (Å²) in [6.45, 7) is 0. The fourth-order valence-electron chi connectivity index (χ4n) is 0.873. The van der Waals surface area contributed by atoms with E-state index >= 15 is 0 Å². The Morgan fingerprint density at radius 2 is 2.20 bits per heavy atom. The van der Waals surface area contributed by atoms with Crippen LogP contribution in [0, 0.1) is 8.98 Å². The Kier molecular flexibility index (Phi) is 4.15. The standard InChI is InChI=1S/C8H8ClIN4O/c9-5-3-4(1-2-6(5)10)13-7(11)14-8(12)15/h1-3H,(H5,11,12,13,14,15). The van der Waals surface area contributed by atoms with Crippen LogP contribution in [-0.2, 0) is 0 Å². The molecule has 0 saturated carbocycles. The lowest BCUT2D eigenvalue weighted by Crippen LogP contribution is -2.38. The van der Waals surface area contributed by atoms with Crippen molar-refractivity contribution in [2.75, 3.05) is 5.32 Å². The van der Waals surface area contributed by atoms with Crippen LogP contribution < -0.4 is 16.4 Å². The molecular formula is C8H8ClIN4O. The fraction of sp³-hybridized carbons (Fsp3) is 0. The molecule has 15 heavy (non-hydrogen) atoms. The first kappa shape index (κ1) is 12.1. The van der Waals surface area contributed by atoms with Crippen molar-refractivity contribution in [2.45, 2.75) is 0 Å². The Morgan fingerprint density at radius 3 is 2.73 bits per heavy atom. The van der Waals surface area contributed by atoms with E-state index in [1.165, 1.54) is 0 Å². The van der Waals surface area contributed by atoms with Crippen molar-refractivity contribution in [1.82, 2.24) is 5.32 Å². The van der Waals surface area contributed by atoms with Crippen molar-refractivity contribution in [3.8, 4) is 0 Å². The van der Waals surface area contributed by atoms with Crippen LogP contribution >= 0.6 is 34.2 Å². The first-order valence-electron chi connectivity index (χ1n) is 3.86. The highest BCUT2D eigenvalue weighted by atomic mass is 127. The van der Waals surface area contributed by atoms with Gasteiger partial charge in [-0.05, 0) is 40.8 Å². The van der Waals surface area contributed by atoms with Crippen LogP contribution in [-0.4, -0.2) is 12.0 Å².